The Hall–Kier alpha value is -0.610. The van der Waals surface area contributed by atoms with Crippen LogP contribution in [0.15, 0.2) is 0 Å². The van der Waals surface area contributed by atoms with Crippen molar-refractivity contribution in [3.05, 3.63) is 0 Å². The maximum atomic E-state index is 11.2. The molecule has 2 aliphatic rings. The van der Waals surface area contributed by atoms with Crippen LogP contribution in [0, 0.1) is 23.7 Å². The van der Waals surface area contributed by atoms with Crippen LogP contribution in [0.1, 0.15) is 84.5 Å². The number of ether oxygens (including phenoxy) is 3. The Morgan fingerprint density at radius 1 is 0.963 bits per heavy atom. The molecule has 0 N–H and O–H groups in total. The van der Waals surface area contributed by atoms with E-state index < -0.39 is 0 Å². The van der Waals surface area contributed by atoms with Gasteiger partial charge in [0.2, 0.25) is 0 Å². The molecule has 0 aromatic heterocycles. The van der Waals surface area contributed by atoms with Gasteiger partial charge in [0.15, 0.2) is 0 Å². The van der Waals surface area contributed by atoms with E-state index in [1.54, 1.807) is 7.11 Å². The zero-order valence-electron chi connectivity index (χ0n) is 17.9. The molecule has 0 aliphatic heterocycles. The van der Waals surface area contributed by atoms with E-state index in [0.717, 1.165) is 12.5 Å². The summed E-state index contributed by atoms with van der Waals surface area (Å²) in [6.07, 6.45) is 14.6. The molecule has 2 saturated carbocycles. The Morgan fingerprint density at radius 3 is 2.37 bits per heavy atom. The highest BCUT2D eigenvalue weighted by atomic mass is 16.5. The minimum absolute atomic E-state index is 0.190. The van der Waals surface area contributed by atoms with Crippen molar-refractivity contribution < 1.29 is 19.0 Å². The van der Waals surface area contributed by atoms with E-state index in [-0.39, 0.29) is 5.97 Å². The third-order valence-corrected chi connectivity index (χ3v) is 6.74. The standard InChI is InChI=1S/C23H42O4/c1-4-6-19-10-13-23(14-11-19)27-15-20-7-5-8-21(12-9-20)22(16-25-3)17-26-18(2)24/h19-23H,4-17H2,1-3H3. The molecule has 0 aromatic rings. The second-order valence-electron chi connectivity index (χ2n) is 8.92. The fourth-order valence-electron chi connectivity index (χ4n) is 5.07. The van der Waals surface area contributed by atoms with Crippen LogP contribution in [0.4, 0.5) is 0 Å². The molecule has 2 aliphatic carbocycles. The molecule has 0 aromatic carbocycles. The number of carbonyl (C=O) groups is 1. The highest BCUT2D eigenvalue weighted by molar-refractivity contribution is 5.65. The molecule has 2 rings (SSSR count). The first-order chi connectivity index (χ1) is 13.1. The number of esters is 1. The van der Waals surface area contributed by atoms with E-state index in [1.165, 1.54) is 77.6 Å². The summed E-state index contributed by atoms with van der Waals surface area (Å²) in [6, 6.07) is 0. The predicted octanol–water partition coefficient (Wildman–Crippen LogP) is 5.38. The van der Waals surface area contributed by atoms with Gasteiger partial charge in [-0.3, -0.25) is 4.79 Å². The van der Waals surface area contributed by atoms with Gasteiger partial charge in [-0.1, -0.05) is 26.2 Å². The molecule has 0 spiro atoms. The first-order valence-corrected chi connectivity index (χ1v) is 11.4. The number of methoxy groups -OCH3 is 1. The van der Waals surface area contributed by atoms with E-state index in [2.05, 4.69) is 6.92 Å². The molecule has 2 fully saturated rings. The second kappa shape index (κ2) is 12.8. The zero-order chi connectivity index (χ0) is 19.5. The molecule has 0 saturated heterocycles. The van der Waals surface area contributed by atoms with Crippen molar-refractivity contribution in [2.45, 2.75) is 90.6 Å². The summed E-state index contributed by atoms with van der Waals surface area (Å²) in [5, 5.41) is 0. The van der Waals surface area contributed by atoms with E-state index >= 15 is 0 Å². The lowest BCUT2D eigenvalue weighted by Crippen LogP contribution is -2.26. The molecule has 0 amide bonds. The van der Waals surface area contributed by atoms with Crippen LogP contribution in [0.3, 0.4) is 0 Å². The van der Waals surface area contributed by atoms with Gasteiger partial charge in [0.25, 0.3) is 0 Å². The van der Waals surface area contributed by atoms with Crippen LogP contribution in [0.5, 0.6) is 0 Å². The highest BCUT2D eigenvalue weighted by Gasteiger charge is 2.28. The summed E-state index contributed by atoms with van der Waals surface area (Å²) < 4.78 is 17.0. The van der Waals surface area contributed by atoms with Gasteiger partial charge >= 0.3 is 5.97 Å². The Balaban J connectivity index is 1.70. The van der Waals surface area contributed by atoms with Gasteiger partial charge < -0.3 is 14.2 Å². The third kappa shape index (κ3) is 8.51. The summed E-state index contributed by atoms with van der Waals surface area (Å²) in [4.78, 5) is 11.2. The minimum Gasteiger partial charge on any atom is -0.465 e. The Labute approximate surface area is 166 Å². The first-order valence-electron chi connectivity index (χ1n) is 11.4. The normalized spacial score (nSPS) is 30.5. The maximum absolute atomic E-state index is 11.2. The number of carbonyl (C=O) groups excluding carboxylic acids is 1. The number of hydrogen-bond donors (Lipinski definition) is 0. The average molecular weight is 383 g/mol. The maximum Gasteiger partial charge on any atom is 0.302 e. The van der Waals surface area contributed by atoms with Crippen molar-refractivity contribution in [2.24, 2.45) is 23.7 Å². The van der Waals surface area contributed by atoms with Crippen molar-refractivity contribution in [3.63, 3.8) is 0 Å². The van der Waals surface area contributed by atoms with Crippen LogP contribution >= 0.6 is 0 Å². The Kier molecular flexibility index (Phi) is 10.7. The Bertz CT molecular complexity index is 403. The van der Waals surface area contributed by atoms with Gasteiger partial charge in [-0.15, -0.1) is 0 Å². The monoisotopic (exact) mass is 382 g/mol. The quantitative estimate of drug-likeness (QED) is 0.376. The summed E-state index contributed by atoms with van der Waals surface area (Å²) >= 11 is 0. The molecular weight excluding hydrogens is 340 g/mol. The molecule has 4 nitrogen and oxygen atoms in total. The van der Waals surface area contributed by atoms with E-state index in [1.807, 2.05) is 0 Å². The predicted molar refractivity (Wildman–Crippen MR) is 109 cm³/mol. The molecule has 0 heterocycles. The lowest BCUT2D eigenvalue weighted by molar-refractivity contribution is -0.143. The highest BCUT2D eigenvalue weighted by Crippen LogP contribution is 2.34. The lowest BCUT2D eigenvalue weighted by Gasteiger charge is -2.29. The van der Waals surface area contributed by atoms with Gasteiger partial charge in [0, 0.05) is 26.6 Å². The SMILES string of the molecule is CCCC1CCC(OCC2CCCC(C(COC)COC(C)=O)CC2)CC1. The third-order valence-electron chi connectivity index (χ3n) is 6.74. The lowest BCUT2D eigenvalue weighted by atomic mass is 9.84. The van der Waals surface area contributed by atoms with Crippen LogP contribution in [-0.4, -0.2) is 39.0 Å². The molecule has 158 valence electrons. The van der Waals surface area contributed by atoms with Crippen molar-refractivity contribution in [2.75, 3.05) is 26.9 Å². The van der Waals surface area contributed by atoms with Gasteiger partial charge in [0.05, 0.1) is 19.3 Å². The van der Waals surface area contributed by atoms with Crippen molar-refractivity contribution >= 4 is 5.97 Å². The molecule has 0 radical (unpaired) electrons. The van der Waals surface area contributed by atoms with Crippen LogP contribution in [0.25, 0.3) is 0 Å². The van der Waals surface area contributed by atoms with Gasteiger partial charge in [-0.2, -0.15) is 0 Å². The van der Waals surface area contributed by atoms with Gasteiger partial charge in [0.1, 0.15) is 0 Å². The first kappa shape index (κ1) is 22.7. The fraction of sp³-hybridized carbons (Fsp3) is 0.957. The van der Waals surface area contributed by atoms with Gasteiger partial charge in [-0.25, -0.2) is 0 Å². The topological polar surface area (TPSA) is 44.8 Å². The molecule has 3 atom stereocenters. The minimum atomic E-state index is -0.190. The summed E-state index contributed by atoms with van der Waals surface area (Å²) in [6.45, 7) is 5.90. The fourth-order valence-corrected chi connectivity index (χ4v) is 5.07. The smallest absolute Gasteiger partial charge is 0.302 e. The van der Waals surface area contributed by atoms with Crippen molar-refractivity contribution in [1.29, 1.82) is 0 Å². The zero-order valence-corrected chi connectivity index (χ0v) is 17.9. The molecule has 3 unspecified atom stereocenters. The molecule has 0 bridgehead atoms. The van der Waals surface area contributed by atoms with E-state index in [4.69, 9.17) is 14.2 Å². The van der Waals surface area contributed by atoms with Crippen LogP contribution < -0.4 is 0 Å². The average Bonchev–Trinajstić information content (AvgIpc) is 2.90. The second-order valence-corrected chi connectivity index (χ2v) is 8.92. The summed E-state index contributed by atoms with van der Waals surface area (Å²) in [5.74, 6) is 2.37. The largest absolute Gasteiger partial charge is 0.465 e. The molecule has 4 heteroatoms. The summed E-state index contributed by atoms with van der Waals surface area (Å²) in [5.41, 5.74) is 0. The van der Waals surface area contributed by atoms with Crippen LogP contribution in [0.2, 0.25) is 0 Å². The number of rotatable bonds is 10. The van der Waals surface area contributed by atoms with E-state index in [9.17, 15) is 4.79 Å². The molecular formula is C23H42O4. The Morgan fingerprint density at radius 2 is 1.70 bits per heavy atom. The van der Waals surface area contributed by atoms with Crippen molar-refractivity contribution in [3.8, 4) is 0 Å². The number of hydrogen-bond acceptors (Lipinski definition) is 4. The summed E-state index contributed by atoms with van der Waals surface area (Å²) in [7, 11) is 1.74. The van der Waals surface area contributed by atoms with Crippen LogP contribution in [-0.2, 0) is 19.0 Å². The molecule has 27 heavy (non-hydrogen) atoms. The van der Waals surface area contributed by atoms with Gasteiger partial charge in [-0.05, 0) is 69.1 Å². The van der Waals surface area contributed by atoms with Crippen molar-refractivity contribution in [1.82, 2.24) is 0 Å². The van der Waals surface area contributed by atoms with E-state index in [0.29, 0.717) is 37.1 Å².